The largest absolute Gasteiger partial charge is 0.307 e. The van der Waals surface area contributed by atoms with Gasteiger partial charge in [0.2, 0.25) is 5.91 Å². The van der Waals surface area contributed by atoms with Crippen LogP contribution in [0.3, 0.4) is 0 Å². The Morgan fingerprint density at radius 2 is 2.47 bits per heavy atom. The molecule has 0 saturated carbocycles. The van der Waals surface area contributed by atoms with E-state index in [1.165, 1.54) is 0 Å². The number of nitrogens with one attached hydrogen (secondary N) is 2. The summed E-state index contributed by atoms with van der Waals surface area (Å²) < 4.78 is 1.60. The maximum atomic E-state index is 11.9. The first kappa shape index (κ1) is 11.4. The monoisotopic (exact) mass is 233 g/mol. The second kappa shape index (κ2) is 4.82. The summed E-state index contributed by atoms with van der Waals surface area (Å²) in [4.78, 5) is 11.9. The summed E-state index contributed by atoms with van der Waals surface area (Å²) in [7, 11) is 0. The van der Waals surface area contributed by atoms with Crippen molar-refractivity contribution in [1.29, 1.82) is 0 Å². The van der Waals surface area contributed by atoms with Crippen LogP contribution in [0.25, 0.3) is 0 Å². The normalized spacial score (nSPS) is 12.4. The van der Waals surface area contributed by atoms with E-state index in [9.17, 15) is 4.79 Å². The summed E-state index contributed by atoms with van der Waals surface area (Å²) in [6.07, 6.45) is 4.26. The molecule has 2 N–H and O–H groups in total. The highest BCUT2D eigenvalue weighted by Crippen LogP contribution is 2.10. The molecule has 1 atom stereocenters. The van der Waals surface area contributed by atoms with Crippen molar-refractivity contribution in [2.45, 2.75) is 26.3 Å². The second-order valence-electron chi connectivity index (χ2n) is 3.78. The lowest BCUT2D eigenvalue weighted by atomic mass is 10.3. The number of carbonyl (C=O) groups is 1. The SMILES string of the molecule is CCc1cc(NC(=O)C(C)n2cccn2)n[nH]1. The van der Waals surface area contributed by atoms with E-state index in [0.717, 1.165) is 12.1 Å². The zero-order valence-corrected chi connectivity index (χ0v) is 9.84. The zero-order chi connectivity index (χ0) is 12.3. The highest BCUT2D eigenvalue weighted by molar-refractivity contribution is 5.92. The van der Waals surface area contributed by atoms with E-state index >= 15 is 0 Å². The molecule has 6 heteroatoms. The first-order valence-electron chi connectivity index (χ1n) is 5.55. The Labute approximate surface area is 99.0 Å². The van der Waals surface area contributed by atoms with Crippen LogP contribution in [0, 0.1) is 0 Å². The third kappa shape index (κ3) is 2.52. The summed E-state index contributed by atoms with van der Waals surface area (Å²) in [5, 5.41) is 13.6. The average molecular weight is 233 g/mol. The molecule has 0 aliphatic carbocycles. The topological polar surface area (TPSA) is 75.6 Å². The van der Waals surface area contributed by atoms with Gasteiger partial charge in [-0.05, 0) is 19.4 Å². The van der Waals surface area contributed by atoms with Gasteiger partial charge < -0.3 is 5.32 Å². The number of aromatic amines is 1. The van der Waals surface area contributed by atoms with E-state index in [1.54, 1.807) is 30.1 Å². The Morgan fingerprint density at radius 3 is 3.06 bits per heavy atom. The second-order valence-corrected chi connectivity index (χ2v) is 3.78. The Kier molecular flexibility index (Phi) is 3.22. The number of aryl methyl sites for hydroxylation is 1. The van der Waals surface area contributed by atoms with Crippen molar-refractivity contribution in [1.82, 2.24) is 20.0 Å². The van der Waals surface area contributed by atoms with Crippen molar-refractivity contribution in [3.8, 4) is 0 Å². The van der Waals surface area contributed by atoms with Crippen molar-refractivity contribution in [2.24, 2.45) is 0 Å². The quantitative estimate of drug-likeness (QED) is 0.837. The number of amides is 1. The molecule has 0 fully saturated rings. The van der Waals surface area contributed by atoms with Crippen molar-refractivity contribution >= 4 is 11.7 Å². The van der Waals surface area contributed by atoms with Gasteiger partial charge in [0.1, 0.15) is 6.04 Å². The highest BCUT2D eigenvalue weighted by Gasteiger charge is 2.15. The van der Waals surface area contributed by atoms with Gasteiger partial charge in [0.15, 0.2) is 5.82 Å². The van der Waals surface area contributed by atoms with Crippen LogP contribution in [-0.2, 0) is 11.2 Å². The Bertz CT molecular complexity index is 488. The van der Waals surface area contributed by atoms with Crippen LogP contribution in [-0.4, -0.2) is 25.9 Å². The molecule has 2 aromatic heterocycles. The Hall–Kier alpha value is -2.11. The van der Waals surface area contributed by atoms with Gasteiger partial charge in [-0.3, -0.25) is 14.6 Å². The van der Waals surface area contributed by atoms with Crippen LogP contribution < -0.4 is 5.32 Å². The van der Waals surface area contributed by atoms with Crippen LogP contribution in [0.4, 0.5) is 5.82 Å². The molecule has 2 heterocycles. The summed E-state index contributed by atoms with van der Waals surface area (Å²) in [6, 6.07) is 3.26. The molecule has 0 radical (unpaired) electrons. The fourth-order valence-corrected chi connectivity index (χ4v) is 1.47. The minimum Gasteiger partial charge on any atom is -0.307 e. The lowest BCUT2D eigenvalue weighted by Crippen LogP contribution is -2.24. The molecule has 2 rings (SSSR count). The van der Waals surface area contributed by atoms with Gasteiger partial charge in [0.25, 0.3) is 0 Å². The molecule has 6 nitrogen and oxygen atoms in total. The molecule has 0 aliphatic rings. The van der Waals surface area contributed by atoms with E-state index in [0.29, 0.717) is 5.82 Å². The minimum absolute atomic E-state index is 0.136. The number of carbonyl (C=O) groups excluding carboxylic acids is 1. The molecule has 1 unspecified atom stereocenters. The molecule has 90 valence electrons. The van der Waals surface area contributed by atoms with E-state index in [4.69, 9.17) is 0 Å². The van der Waals surface area contributed by atoms with Gasteiger partial charge in [-0.1, -0.05) is 6.92 Å². The molecule has 2 aromatic rings. The maximum absolute atomic E-state index is 11.9. The van der Waals surface area contributed by atoms with Crippen LogP contribution in [0.5, 0.6) is 0 Å². The van der Waals surface area contributed by atoms with Crippen LogP contribution >= 0.6 is 0 Å². The first-order chi connectivity index (χ1) is 8.20. The van der Waals surface area contributed by atoms with E-state index in [2.05, 4.69) is 20.6 Å². The number of rotatable bonds is 4. The van der Waals surface area contributed by atoms with Crippen molar-refractivity contribution in [3.05, 3.63) is 30.2 Å². The third-order valence-electron chi connectivity index (χ3n) is 2.56. The molecular weight excluding hydrogens is 218 g/mol. The van der Waals surface area contributed by atoms with Gasteiger partial charge in [-0.15, -0.1) is 0 Å². The van der Waals surface area contributed by atoms with Gasteiger partial charge in [-0.2, -0.15) is 10.2 Å². The number of aromatic nitrogens is 4. The number of hydrogen-bond donors (Lipinski definition) is 2. The minimum atomic E-state index is -0.355. The standard InChI is InChI=1S/C11H15N5O/c1-3-9-7-10(15-14-9)13-11(17)8(2)16-6-4-5-12-16/h4-8H,3H2,1-2H3,(H2,13,14,15,17). The summed E-state index contributed by atoms with van der Waals surface area (Å²) in [5.74, 6) is 0.411. The summed E-state index contributed by atoms with van der Waals surface area (Å²) >= 11 is 0. The molecule has 0 bridgehead atoms. The Morgan fingerprint density at radius 1 is 1.65 bits per heavy atom. The van der Waals surface area contributed by atoms with Crippen molar-refractivity contribution in [2.75, 3.05) is 5.32 Å². The smallest absolute Gasteiger partial charge is 0.250 e. The number of anilines is 1. The van der Waals surface area contributed by atoms with Gasteiger partial charge in [-0.25, -0.2) is 0 Å². The Balaban J connectivity index is 2.01. The van der Waals surface area contributed by atoms with E-state index in [1.807, 2.05) is 13.0 Å². The van der Waals surface area contributed by atoms with E-state index in [-0.39, 0.29) is 11.9 Å². The van der Waals surface area contributed by atoms with Gasteiger partial charge in [0, 0.05) is 24.2 Å². The number of nitrogens with zero attached hydrogens (tertiary/aromatic N) is 3. The maximum Gasteiger partial charge on any atom is 0.250 e. The number of H-pyrrole nitrogens is 1. The van der Waals surface area contributed by atoms with Crippen molar-refractivity contribution in [3.63, 3.8) is 0 Å². The molecule has 0 saturated heterocycles. The lowest BCUT2D eigenvalue weighted by molar-refractivity contribution is -0.119. The van der Waals surface area contributed by atoms with Crippen LogP contribution in [0.2, 0.25) is 0 Å². The molecule has 1 amide bonds. The zero-order valence-electron chi connectivity index (χ0n) is 9.84. The molecular formula is C11H15N5O. The van der Waals surface area contributed by atoms with Gasteiger partial charge in [0.05, 0.1) is 0 Å². The van der Waals surface area contributed by atoms with Crippen molar-refractivity contribution < 1.29 is 4.79 Å². The molecule has 17 heavy (non-hydrogen) atoms. The average Bonchev–Trinajstić information content (AvgIpc) is 2.98. The fourth-order valence-electron chi connectivity index (χ4n) is 1.47. The predicted molar refractivity (Wildman–Crippen MR) is 63.5 cm³/mol. The third-order valence-corrected chi connectivity index (χ3v) is 2.56. The molecule has 0 aliphatic heterocycles. The highest BCUT2D eigenvalue weighted by atomic mass is 16.2. The summed E-state index contributed by atoms with van der Waals surface area (Å²) in [6.45, 7) is 3.81. The van der Waals surface area contributed by atoms with Gasteiger partial charge >= 0.3 is 0 Å². The first-order valence-corrected chi connectivity index (χ1v) is 5.55. The summed E-state index contributed by atoms with van der Waals surface area (Å²) in [5.41, 5.74) is 0.993. The van der Waals surface area contributed by atoms with Crippen LogP contribution in [0.1, 0.15) is 25.6 Å². The predicted octanol–water partition coefficient (Wildman–Crippen LogP) is 1.37. The molecule has 0 spiro atoms. The molecule has 0 aromatic carbocycles. The fraction of sp³-hybridized carbons (Fsp3) is 0.364. The van der Waals surface area contributed by atoms with Crippen LogP contribution in [0.15, 0.2) is 24.5 Å². The number of hydrogen-bond acceptors (Lipinski definition) is 3. The lowest BCUT2D eigenvalue weighted by Gasteiger charge is -2.10. The van der Waals surface area contributed by atoms with E-state index < -0.39 is 0 Å².